The Labute approximate surface area is 117 Å². The molecule has 0 aliphatic heterocycles. The van der Waals surface area contributed by atoms with Gasteiger partial charge in [0, 0.05) is 6.26 Å². The fourth-order valence-corrected chi connectivity index (χ4v) is 2.22. The Morgan fingerprint density at radius 1 is 1.10 bits per heavy atom. The van der Waals surface area contributed by atoms with E-state index >= 15 is 0 Å². The monoisotopic (exact) mass is 293 g/mol. The Hall–Kier alpha value is -2.15. The zero-order valence-corrected chi connectivity index (χ0v) is 12.2. The van der Waals surface area contributed by atoms with E-state index < -0.39 is 9.84 Å². The first-order valence-electron chi connectivity index (χ1n) is 5.86. The predicted octanol–water partition coefficient (Wildman–Crippen LogP) is 1.87. The molecule has 0 unspecified atom stereocenters. The van der Waals surface area contributed by atoms with Gasteiger partial charge in [0.1, 0.15) is 17.4 Å². The lowest BCUT2D eigenvalue weighted by Gasteiger charge is -2.10. The zero-order valence-electron chi connectivity index (χ0n) is 11.4. The molecule has 0 aliphatic rings. The number of benzene rings is 1. The largest absolute Gasteiger partial charge is 0.439 e. The molecular weight excluding hydrogens is 278 g/mol. The third kappa shape index (κ3) is 3.05. The summed E-state index contributed by atoms with van der Waals surface area (Å²) in [5.41, 5.74) is 6.39. The van der Waals surface area contributed by atoms with Crippen LogP contribution >= 0.6 is 0 Å². The minimum absolute atomic E-state index is 0.236. The van der Waals surface area contributed by atoms with Gasteiger partial charge in [0.25, 0.3) is 0 Å². The molecule has 0 saturated carbocycles. The highest BCUT2D eigenvalue weighted by Gasteiger charge is 2.10. The molecule has 20 heavy (non-hydrogen) atoms. The summed E-state index contributed by atoms with van der Waals surface area (Å²) in [6.07, 6.45) is 1.15. The molecule has 0 spiro atoms. The van der Waals surface area contributed by atoms with Crippen LogP contribution in [0.1, 0.15) is 11.4 Å². The Morgan fingerprint density at radius 3 is 2.25 bits per heavy atom. The minimum atomic E-state index is -3.22. The van der Waals surface area contributed by atoms with Gasteiger partial charge in [-0.15, -0.1) is 0 Å². The van der Waals surface area contributed by atoms with Crippen LogP contribution in [0, 0.1) is 13.8 Å². The molecule has 0 bridgehead atoms. The Balaban J connectivity index is 2.32. The van der Waals surface area contributed by atoms with Crippen LogP contribution in [0.2, 0.25) is 0 Å². The highest BCUT2D eigenvalue weighted by Crippen LogP contribution is 2.26. The number of aryl methyl sites for hydroxylation is 1. The van der Waals surface area contributed by atoms with Gasteiger partial charge in [-0.2, -0.15) is 4.98 Å². The number of aromatic nitrogens is 2. The van der Waals surface area contributed by atoms with E-state index in [1.54, 1.807) is 26.0 Å². The molecule has 0 fully saturated rings. The van der Waals surface area contributed by atoms with E-state index in [4.69, 9.17) is 10.5 Å². The molecular formula is C13H15N3O3S. The second-order valence-electron chi connectivity index (χ2n) is 4.43. The van der Waals surface area contributed by atoms with Crippen LogP contribution in [0.3, 0.4) is 0 Å². The minimum Gasteiger partial charge on any atom is -0.439 e. The van der Waals surface area contributed by atoms with Crippen molar-refractivity contribution in [1.82, 2.24) is 9.97 Å². The molecule has 0 radical (unpaired) electrons. The lowest BCUT2D eigenvalue weighted by atomic mass is 10.3. The summed E-state index contributed by atoms with van der Waals surface area (Å²) in [5, 5.41) is 0. The molecule has 7 heteroatoms. The summed E-state index contributed by atoms with van der Waals surface area (Å²) in [7, 11) is -3.22. The lowest BCUT2D eigenvalue weighted by molar-refractivity contribution is 0.456. The lowest BCUT2D eigenvalue weighted by Crippen LogP contribution is -2.02. The summed E-state index contributed by atoms with van der Waals surface area (Å²) in [6.45, 7) is 3.48. The van der Waals surface area contributed by atoms with E-state index in [9.17, 15) is 8.42 Å². The molecule has 6 nitrogen and oxygen atoms in total. The SMILES string of the molecule is Cc1nc(N)c(C)c(Oc2ccc(S(C)(=O)=O)cc2)n1. The van der Waals surface area contributed by atoms with Crippen molar-refractivity contribution in [3.05, 3.63) is 35.7 Å². The van der Waals surface area contributed by atoms with Gasteiger partial charge in [0.15, 0.2) is 9.84 Å². The van der Waals surface area contributed by atoms with Crippen molar-refractivity contribution in [2.45, 2.75) is 18.7 Å². The number of nitrogens with zero attached hydrogens (tertiary/aromatic N) is 2. The summed E-state index contributed by atoms with van der Waals surface area (Å²) in [4.78, 5) is 8.43. The van der Waals surface area contributed by atoms with Crippen LogP contribution in [0.25, 0.3) is 0 Å². The molecule has 106 valence electrons. The first-order valence-corrected chi connectivity index (χ1v) is 7.75. The van der Waals surface area contributed by atoms with E-state index in [1.807, 2.05) is 0 Å². The number of sulfone groups is 1. The van der Waals surface area contributed by atoms with Gasteiger partial charge >= 0.3 is 0 Å². The van der Waals surface area contributed by atoms with Crippen LogP contribution in [0.5, 0.6) is 11.6 Å². The summed E-state index contributed by atoms with van der Waals surface area (Å²) in [5.74, 6) is 1.72. The van der Waals surface area contributed by atoms with Crippen molar-refractivity contribution < 1.29 is 13.2 Å². The van der Waals surface area contributed by atoms with E-state index in [0.717, 1.165) is 6.26 Å². The molecule has 2 aromatic rings. The van der Waals surface area contributed by atoms with Gasteiger partial charge in [-0.3, -0.25) is 0 Å². The van der Waals surface area contributed by atoms with Crippen molar-refractivity contribution >= 4 is 15.7 Å². The first-order chi connectivity index (χ1) is 9.27. The van der Waals surface area contributed by atoms with Crippen LogP contribution < -0.4 is 10.5 Å². The van der Waals surface area contributed by atoms with E-state index in [-0.39, 0.29) is 4.90 Å². The third-order valence-corrected chi connectivity index (χ3v) is 3.85. The van der Waals surface area contributed by atoms with Gasteiger partial charge < -0.3 is 10.5 Å². The number of anilines is 1. The zero-order chi connectivity index (χ0) is 14.9. The topological polar surface area (TPSA) is 95.2 Å². The Morgan fingerprint density at radius 2 is 1.70 bits per heavy atom. The normalized spacial score (nSPS) is 11.3. The maximum atomic E-state index is 11.4. The summed E-state index contributed by atoms with van der Waals surface area (Å²) >= 11 is 0. The second kappa shape index (κ2) is 5.09. The average molecular weight is 293 g/mol. The maximum Gasteiger partial charge on any atom is 0.227 e. The number of hydrogen-bond acceptors (Lipinski definition) is 6. The molecule has 0 amide bonds. The van der Waals surface area contributed by atoms with Gasteiger partial charge in [0.2, 0.25) is 5.88 Å². The van der Waals surface area contributed by atoms with Crippen LogP contribution in [0.4, 0.5) is 5.82 Å². The summed E-state index contributed by atoms with van der Waals surface area (Å²) < 4.78 is 28.3. The second-order valence-corrected chi connectivity index (χ2v) is 6.45. The van der Waals surface area contributed by atoms with E-state index in [0.29, 0.717) is 28.8 Å². The summed E-state index contributed by atoms with van der Waals surface area (Å²) in [6, 6.07) is 6.11. The van der Waals surface area contributed by atoms with Crippen molar-refractivity contribution in [3.63, 3.8) is 0 Å². The van der Waals surface area contributed by atoms with Crippen LogP contribution in [0.15, 0.2) is 29.2 Å². The number of nitrogens with two attached hydrogens (primary N) is 1. The smallest absolute Gasteiger partial charge is 0.227 e. The Kier molecular flexibility index (Phi) is 3.63. The Bertz CT molecular complexity index is 740. The molecule has 0 saturated heterocycles. The van der Waals surface area contributed by atoms with E-state index in [1.165, 1.54) is 12.1 Å². The fraction of sp³-hybridized carbons (Fsp3) is 0.231. The van der Waals surface area contributed by atoms with Gasteiger partial charge in [-0.1, -0.05) is 0 Å². The predicted molar refractivity (Wildman–Crippen MR) is 75.5 cm³/mol. The van der Waals surface area contributed by atoms with Gasteiger partial charge in [0.05, 0.1) is 10.5 Å². The molecule has 1 aromatic carbocycles. The van der Waals surface area contributed by atoms with Gasteiger partial charge in [-0.05, 0) is 38.1 Å². The number of rotatable bonds is 3. The highest BCUT2D eigenvalue weighted by molar-refractivity contribution is 7.90. The highest BCUT2D eigenvalue weighted by atomic mass is 32.2. The maximum absolute atomic E-state index is 11.4. The van der Waals surface area contributed by atoms with Crippen molar-refractivity contribution in [2.24, 2.45) is 0 Å². The molecule has 1 heterocycles. The molecule has 0 aliphatic carbocycles. The number of hydrogen-bond donors (Lipinski definition) is 1. The molecule has 1 aromatic heterocycles. The molecule has 0 atom stereocenters. The van der Waals surface area contributed by atoms with Crippen molar-refractivity contribution in [3.8, 4) is 11.6 Å². The van der Waals surface area contributed by atoms with Gasteiger partial charge in [-0.25, -0.2) is 13.4 Å². The number of ether oxygens (including phenoxy) is 1. The standard InChI is InChI=1S/C13H15N3O3S/c1-8-12(14)15-9(2)16-13(8)19-10-4-6-11(7-5-10)20(3,17)18/h4-7H,1-3H3,(H2,14,15,16). The average Bonchev–Trinajstić information content (AvgIpc) is 2.35. The van der Waals surface area contributed by atoms with Crippen molar-refractivity contribution in [1.29, 1.82) is 0 Å². The van der Waals surface area contributed by atoms with Crippen molar-refractivity contribution in [2.75, 3.05) is 12.0 Å². The molecule has 2 N–H and O–H groups in total. The molecule has 2 rings (SSSR count). The third-order valence-electron chi connectivity index (χ3n) is 2.72. The van der Waals surface area contributed by atoms with Crippen LogP contribution in [-0.2, 0) is 9.84 Å². The quantitative estimate of drug-likeness (QED) is 0.928. The van der Waals surface area contributed by atoms with E-state index in [2.05, 4.69) is 9.97 Å². The number of nitrogen functional groups attached to an aromatic ring is 1. The fourth-order valence-electron chi connectivity index (χ4n) is 1.59. The first kappa shape index (κ1) is 14.3. The van der Waals surface area contributed by atoms with Crippen LogP contribution in [-0.4, -0.2) is 24.6 Å².